The van der Waals surface area contributed by atoms with Crippen LogP contribution in [0.25, 0.3) is 0 Å². The largest absolute Gasteiger partial charge is 0.385 e. The molecule has 0 aliphatic carbocycles. The average molecular weight is 290 g/mol. The van der Waals surface area contributed by atoms with Crippen molar-refractivity contribution in [2.75, 3.05) is 25.5 Å². The molecular formula is C15H19FN4O. The molecule has 5 nitrogen and oxygen atoms in total. The van der Waals surface area contributed by atoms with Gasteiger partial charge >= 0.3 is 0 Å². The van der Waals surface area contributed by atoms with Gasteiger partial charge in [-0.2, -0.15) is 0 Å². The Balaban J connectivity index is 1.86. The molecular weight excluding hydrogens is 271 g/mol. The number of hydrogen-bond donors (Lipinski definition) is 2. The van der Waals surface area contributed by atoms with Crippen LogP contribution in [-0.4, -0.2) is 35.7 Å². The van der Waals surface area contributed by atoms with Gasteiger partial charge in [-0.05, 0) is 24.3 Å². The average Bonchev–Trinajstić information content (AvgIpc) is 2.48. The van der Waals surface area contributed by atoms with Crippen LogP contribution in [-0.2, 0) is 6.54 Å². The number of rotatable bonds is 6. The predicted octanol–water partition coefficient (Wildman–Crippen LogP) is 1.50. The number of aliphatic hydroxyl groups is 1. The zero-order valence-corrected chi connectivity index (χ0v) is 12.1. The number of pyridine rings is 2. The molecule has 0 amide bonds. The van der Waals surface area contributed by atoms with Gasteiger partial charge < -0.3 is 15.3 Å². The van der Waals surface area contributed by atoms with Gasteiger partial charge in [-0.3, -0.25) is 4.98 Å². The fourth-order valence-corrected chi connectivity index (χ4v) is 1.84. The van der Waals surface area contributed by atoms with E-state index >= 15 is 0 Å². The Morgan fingerprint density at radius 1 is 1.29 bits per heavy atom. The van der Waals surface area contributed by atoms with Gasteiger partial charge in [0.15, 0.2) is 0 Å². The van der Waals surface area contributed by atoms with E-state index in [0.29, 0.717) is 18.8 Å². The van der Waals surface area contributed by atoms with Crippen LogP contribution >= 0.6 is 0 Å². The molecule has 2 heterocycles. The van der Waals surface area contributed by atoms with Crippen LogP contribution in [0.5, 0.6) is 0 Å². The van der Waals surface area contributed by atoms with Crippen molar-refractivity contribution in [1.29, 1.82) is 0 Å². The number of aliphatic hydroxyl groups excluding tert-OH is 1. The Bertz CT molecular complexity index is 574. The molecule has 0 saturated heterocycles. The first kappa shape index (κ1) is 15.3. The summed E-state index contributed by atoms with van der Waals surface area (Å²) in [6.45, 7) is 0.867. The lowest BCUT2D eigenvalue weighted by atomic mass is 10.2. The van der Waals surface area contributed by atoms with Crippen molar-refractivity contribution in [2.45, 2.75) is 12.6 Å². The smallest absolute Gasteiger partial charge is 0.141 e. The third-order valence-electron chi connectivity index (χ3n) is 2.99. The number of nitrogens with one attached hydrogen (secondary N) is 1. The lowest BCUT2D eigenvalue weighted by molar-refractivity contribution is 0.169. The topological polar surface area (TPSA) is 61.3 Å². The summed E-state index contributed by atoms with van der Waals surface area (Å²) in [5.74, 6) is 0.471. The minimum atomic E-state index is -0.775. The maximum atomic E-state index is 12.8. The zero-order chi connectivity index (χ0) is 15.2. The lowest BCUT2D eigenvalue weighted by Gasteiger charge is -2.14. The number of aromatic nitrogens is 2. The molecule has 21 heavy (non-hydrogen) atoms. The molecule has 1 unspecified atom stereocenters. The highest BCUT2D eigenvalue weighted by Crippen LogP contribution is 2.10. The molecule has 0 aliphatic rings. The molecule has 0 radical (unpaired) electrons. The molecule has 2 N–H and O–H groups in total. The van der Waals surface area contributed by atoms with E-state index in [-0.39, 0.29) is 0 Å². The van der Waals surface area contributed by atoms with Crippen LogP contribution in [0.4, 0.5) is 10.2 Å². The summed E-state index contributed by atoms with van der Waals surface area (Å²) in [6, 6.07) is 8.56. The molecule has 6 heteroatoms. The van der Waals surface area contributed by atoms with Crippen molar-refractivity contribution < 1.29 is 9.50 Å². The minimum absolute atomic E-state index is 0.326. The second kappa shape index (κ2) is 7.10. The van der Waals surface area contributed by atoms with Crippen molar-refractivity contribution in [1.82, 2.24) is 15.3 Å². The van der Waals surface area contributed by atoms with E-state index in [9.17, 15) is 9.50 Å². The molecule has 112 valence electrons. The van der Waals surface area contributed by atoms with Crippen molar-refractivity contribution >= 4 is 5.82 Å². The quantitative estimate of drug-likeness (QED) is 0.844. The molecule has 1 atom stereocenters. The molecule has 2 aromatic rings. The minimum Gasteiger partial charge on any atom is -0.385 e. The van der Waals surface area contributed by atoms with E-state index in [1.165, 1.54) is 12.1 Å². The summed E-state index contributed by atoms with van der Waals surface area (Å²) in [4.78, 5) is 10.3. The van der Waals surface area contributed by atoms with Gasteiger partial charge in [-0.15, -0.1) is 0 Å². The molecule has 0 fully saturated rings. The van der Waals surface area contributed by atoms with Gasteiger partial charge in [-0.25, -0.2) is 9.37 Å². The van der Waals surface area contributed by atoms with Gasteiger partial charge in [-0.1, -0.05) is 6.07 Å². The fourth-order valence-electron chi connectivity index (χ4n) is 1.84. The Morgan fingerprint density at radius 2 is 2.10 bits per heavy atom. The number of nitrogens with zero attached hydrogens (tertiary/aromatic N) is 3. The normalized spacial score (nSPS) is 12.2. The molecule has 0 bridgehead atoms. The summed E-state index contributed by atoms with van der Waals surface area (Å²) >= 11 is 0. The van der Waals surface area contributed by atoms with Gasteiger partial charge in [0.2, 0.25) is 0 Å². The van der Waals surface area contributed by atoms with E-state index in [1.807, 2.05) is 37.2 Å². The van der Waals surface area contributed by atoms with E-state index in [2.05, 4.69) is 15.3 Å². The van der Waals surface area contributed by atoms with Crippen LogP contribution in [0.2, 0.25) is 0 Å². The first-order valence-corrected chi connectivity index (χ1v) is 6.70. The molecule has 0 aromatic carbocycles. The van der Waals surface area contributed by atoms with E-state index in [0.717, 1.165) is 17.7 Å². The third-order valence-corrected chi connectivity index (χ3v) is 2.99. The lowest BCUT2D eigenvalue weighted by Crippen LogP contribution is -2.22. The molecule has 2 aromatic heterocycles. The summed E-state index contributed by atoms with van der Waals surface area (Å²) in [5.41, 5.74) is 1.33. The monoisotopic (exact) mass is 290 g/mol. The summed E-state index contributed by atoms with van der Waals surface area (Å²) in [7, 11) is 3.87. The Kier molecular flexibility index (Phi) is 5.19. The zero-order valence-electron chi connectivity index (χ0n) is 12.1. The molecule has 0 saturated carbocycles. The van der Waals surface area contributed by atoms with E-state index < -0.39 is 11.9 Å². The van der Waals surface area contributed by atoms with Crippen LogP contribution in [0.3, 0.4) is 0 Å². The van der Waals surface area contributed by atoms with Crippen molar-refractivity contribution in [3.8, 4) is 0 Å². The fraction of sp³-hybridized carbons (Fsp3) is 0.333. The summed E-state index contributed by atoms with van der Waals surface area (Å²) in [5, 5.41) is 13.1. The predicted molar refractivity (Wildman–Crippen MR) is 79.4 cm³/mol. The SMILES string of the molecule is CN(C)c1cccc(CNCC(O)c2ccc(F)cn2)n1. The number of anilines is 1. The standard InChI is InChI=1S/C15H19FN4O/c1-20(2)15-5-3-4-12(19-15)9-17-10-14(21)13-7-6-11(16)8-18-13/h3-8,14,17,21H,9-10H2,1-2H3. The Hall–Kier alpha value is -2.05. The second-order valence-corrected chi connectivity index (χ2v) is 4.93. The first-order chi connectivity index (χ1) is 10.1. The molecule has 2 rings (SSSR count). The van der Waals surface area contributed by atoms with Gasteiger partial charge in [0, 0.05) is 27.2 Å². The Morgan fingerprint density at radius 3 is 2.76 bits per heavy atom. The van der Waals surface area contributed by atoms with Crippen molar-refractivity contribution in [3.63, 3.8) is 0 Å². The van der Waals surface area contributed by atoms with Crippen LogP contribution in [0.1, 0.15) is 17.5 Å². The molecule has 0 spiro atoms. The highest BCUT2D eigenvalue weighted by atomic mass is 19.1. The first-order valence-electron chi connectivity index (χ1n) is 6.70. The number of halogens is 1. The highest BCUT2D eigenvalue weighted by Gasteiger charge is 2.09. The van der Waals surface area contributed by atoms with E-state index in [4.69, 9.17) is 0 Å². The van der Waals surface area contributed by atoms with Gasteiger partial charge in [0.05, 0.1) is 17.6 Å². The summed E-state index contributed by atoms with van der Waals surface area (Å²) < 4.78 is 12.8. The maximum absolute atomic E-state index is 12.8. The van der Waals surface area contributed by atoms with Crippen LogP contribution < -0.4 is 10.2 Å². The maximum Gasteiger partial charge on any atom is 0.141 e. The highest BCUT2D eigenvalue weighted by molar-refractivity contribution is 5.36. The van der Waals surface area contributed by atoms with Gasteiger partial charge in [0.1, 0.15) is 17.7 Å². The van der Waals surface area contributed by atoms with Gasteiger partial charge in [0.25, 0.3) is 0 Å². The summed E-state index contributed by atoms with van der Waals surface area (Å²) in [6.07, 6.45) is 0.323. The number of hydrogen-bond acceptors (Lipinski definition) is 5. The third kappa shape index (κ3) is 4.47. The second-order valence-electron chi connectivity index (χ2n) is 4.93. The van der Waals surface area contributed by atoms with E-state index in [1.54, 1.807) is 0 Å². The van der Waals surface area contributed by atoms with Crippen LogP contribution in [0.15, 0.2) is 36.5 Å². The van der Waals surface area contributed by atoms with Crippen molar-refractivity contribution in [3.05, 3.63) is 53.7 Å². The van der Waals surface area contributed by atoms with Crippen LogP contribution in [0, 0.1) is 5.82 Å². The molecule has 0 aliphatic heterocycles. The Labute approximate surface area is 123 Å². The van der Waals surface area contributed by atoms with Crippen molar-refractivity contribution in [2.24, 2.45) is 0 Å².